The van der Waals surface area contributed by atoms with Gasteiger partial charge in [0.15, 0.2) is 5.78 Å². The lowest BCUT2D eigenvalue weighted by molar-refractivity contribution is -0.136. The van der Waals surface area contributed by atoms with Gasteiger partial charge in [0.05, 0.1) is 12.0 Å². The van der Waals surface area contributed by atoms with Crippen LogP contribution in [0.1, 0.15) is 46.0 Å². The highest BCUT2D eigenvalue weighted by molar-refractivity contribution is 5.91. The number of Topliss-reactive ketones (excluding diaryl/α,β-unsaturated/α-hetero) is 1. The fourth-order valence-corrected chi connectivity index (χ4v) is 3.05. The van der Waals surface area contributed by atoms with E-state index in [-0.39, 0.29) is 12.2 Å². The lowest BCUT2D eigenvalue weighted by atomic mass is 9.85. The molecule has 0 bridgehead atoms. The first-order valence-corrected chi connectivity index (χ1v) is 7.99. The minimum absolute atomic E-state index is 0.0378. The third kappa shape index (κ3) is 5.16. The number of amides is 1. The summed E-state index contributed by atoms with van der Waals surface area (Å²) in [7, 11) is 0. The van der Waals surface area contributed by atoms with Crippen molar-refractivity contribution in [3.8, 4) is 0 Å². The quantitative estimate of drug-likeness (QED) is 0.674. The number of hydrogen-bond donors (Lipinski definition) is 1. The van der Waals surface area contributed by atoms with Crippen LogP contribution in [0.2, 0.25) is 0 Å². The molecule has 0 aliphatic carbocycles. The molecule has 1 aliphatic heterocycles. The number of halogens is 2. The first kappa shape index (κ1) is 18.7. The molecule has 0 saturated carbocycles. The molecule has 1 aliphatic rings. The maximum absolute atomic E-state index is 12.6. The molecule has 0 aromatic rings. The summed E-state index contributed by atoms with van der Waals surface area (Å²) in [5.74, 6) is -1.67. The SMILES string of the molecule is CCCC(C=C(F)F)CC(=O)C(C(CC)C(N)=O)N1CCC1. The number of rotatable bonds is 10. The Bertz CT molecular complexity index is 418. The monoisotopic (exact) mass is 316 g/mol. The van der Waals surface area contributed by atoms with Gasteiger partial charge in [0, 0.05) is 19.5 Å². The summed E-state index contributed by atoms with van der Waals surface area (Å²) >= 11 is 0. The van der Waals surface area contributed by atoms with Crippen molar-refractivity contribution in [2.75, 3.05) is 13.1 Å². The number of primary amides is 1. The van der Waals surface area contributed by atoms with Gasteiger partial charge in [-0.1, -0.05) is 20.3 Å². The van der Waals surface area contributed by atoms with Crippen LogP contribution >= 0.6 is 0 Å². The molecule has 3 atom stereocenters. The number of ketones is 1. The van der Waals surface area contributed by atoms with Crippen LogP contribution in [-0.4, -0.2) is 35.7 Å². The van der Waals surface area contributed by atoms with Crippen LogP contribution in [0.4, 0.5) is 8.78 Å². The Balaban J connectivity index is 2.86. The van der Waals surface area contributed by atoms with E-state index in [9.17, 15) is 18.4 Å². The molecular weight excluding hydrogens is 290 g/mol. The van der Waals surface area contributed by atoms with Crippen LogP contribution in [0, 0.1) is 11.8 Å². The molecule has 4 nitrogen and oxygen atoms in total. The Morgan fingerprint density at radius 3 is 2.27 bits per heavy atom. The molecule has 1 fully saturated rings. The van der Waals surface area contributed by atoms with E-state index in [0.717, 1.165) is 32.0 Å². The number of nitrogens with two attached hydrogens (primary N) is 1. The maximum Gasteiger partial charge on any atom is 0.266 e. The Labute approximate surface area is 130 Å². The van der Waals surface area contributed by atoms with Gasteiger partial charge >= 0.3 is 0 Å². The zero-order valence-corrected chi connectivity index (χ0v) is 13.4. The smallest absolute Gasteiger partial charge is 0.266 e. The largest absolute Gasteiger partial charge is 0.369 e. The third-order valence-electron chi connectivity index (χ3n) is 4.28. The van der Waals surface area contributed by atoms with Crippen LogP contribution < -0.4 is 5.73 Å². The van der Waals surface area contributed by atoms with Gasteiger partial charge in [0.25, 0.3) is 6.08 Å². The van der Waals surface area contributed by atoms with E-state index in [4.69, 9.17) is 5.73 Å². The van der Waals surface area contributed by atoms with Gasteiger partial charge in [0.2, 0.25) is 5.91 Å². The van der Waals surface area contributed by atoms with Gasteiger partial charge in [-0.25, -0.2) is 0 Å². The number of carbonyl (C=O) groups excluding carboxylic acids is 2. The standard InChI is InChI=1S/C16H26F2N2O2/c1-3-6-11(10-14(17)18)9-13(21)15(20-7-5-8-20)12(4-2)16(19)22/h10-12,15H,3-9H2,1-2H3,(H2,19,22). The highest BCUT2D eigenvalue weighted by atomic mass is 19.3. The zero-order chi connectivity index (χ0) is 16.7. The molecule has 1 saturated heterocycles. The van der Waals surface area contributed by atoms with Crippen LogP contribution in [0.3, 0.4) is 0 Å². The minimum atomic E-state index is -1.76. The highest BCUT2D eigenvalue weighted by Gasteiger charge is 2.38. The second-order valence-corrected chi connectivity index (χ2v) is 5.93. The molecular formula is C16H26F2N2O2. The van der Waals surface area contributed by atoms with Crippen molar-refractivity contribution in [1.82, 2.24) is 4.90 Å². The summed E-state index contributed by atoms with van der Waals surface area (Å²) in [5.41, 5.74) is 5.42. The number of nitrogens with zero attached hydrogens (tertiary/aromatic N) is 1. The summed E-state index contributed by atoms with van der Waals surface area (Å²) in [4.78, 5) is 26.2. The molecule has 3 unspecified atom stereocenters. The van der Waals surface area contributed by atoms with E-state index in [2.05, 4.69) is 0 Å². The van der Waals surface area contributed by atoms with Crippen molar-refractivity contribution in [3.05, 3.63) is 12.2 Å². The van der Waals surface area contributed by atoms with Gasteiger partial charge < -0.3 is 5.73 Å². The molecule has 22 heavy (non-hydrogen) atoms. The number of carbonyl (C=O) groups is 2. The predicted octanol–water partition coefficient (Wildman–Crippen LogP) is 2.73. The second-order valence-electron chi connectivity index (χ2n) is 5.93. The van der Waals surface area contributed by atoms with Crippen LogP contribution in [0.5, 0.6) is 0 Å². The van der Waals surface area contributed by atoms with Crippen molar-refractivity contribution in [2.45, 2.75) is 52.0 Å². The summed E-state index contributed by atoms with van der Waals surface area (Å²) in [6.07, 6.45) is 1.86. The summed E-state index contributed by atoms with van der Waals surface area (Å²) in [6, 6.07) is -0.563. The van der Waals surface area contributed by atoms with Crippen LogP contribution in [0.25, 0.3) is 0 Å². The minimum Gasteiger partial charge on any atom is -0.369 e. The molecule has 6 heteroatoms. The lowest BCUT2D eigenvalue weighted by Crippen LogP contribution is -2.55. The van der Waals surface area contributed by atoms with E-state index in [1.807, 2.05) is 18.7 Å². The van der Waals surface area contributed by atoms with Gasteiger partial charge in [-0.2, -0.15) is 8.78 Å². The first-order chi connectivity index (χ1) is 10.4. The van der Waals surface area contributed by atoms with Crippen LogP contribution in [0.15, 0.2) is 12.2 Å². The van der Waals surface area contributed by atoms with E-state index in [0.29, 0.717) is 12.8 Å². The summed E-state index contributed by atoms with van der Waals surface area (Å²) in [5, 5.41) is 0. The molecule has 126 valence electrons. The van der Waals surface area contributed by atoms with E-state index >= 15 is 0 Å². The summed E-state index contributed by atoms with van der Waals surface area (Å²) < 4.78 is 25.0. The van der Waals surface area contributed by atoms with Crippen molar-refractivity contribution >= 4 is 11.7 Å². The van der Waals surface area contributed by atoms with E-state index in [1.165, 1.54) is 0 Å². The normalized spacial score (nSPS) is 18.9. The van der Waals surface area contributed by atoms with Crippen molar-refractivity contribution in [2.24, 2.45) is 17.6 Å². The van der Waals surface area contributed by atoms with Gasteiger partial charge in [-0.05, 0) is 31.3 Å². The summed E-state index contributed by atoms with van der Waals surface area (Å²) in [6.45, 7) is 5.23. The Hall–Kier alpha value is -1.30. The zero-order valence-electron chi connectivity index (χ0n) is 13.4. The van der Waals surface area contributed by atoms with Gasteiger partial charge in [0.1, 0.15) is 0 Å². The molecule has 0 aromatic carbocycles. The predicted molar refractivity (Wildman–Crippen MR) is 81.3 cm³/mol. The molecule has 0 aromatic heterocycles. The van der Waals surface area contributed by atoms with Gasteiger partial charge in [-0.3, -0.25) is 14.5 Å². The molecule has 2 N–H and O–H groups in total. The maximum atomic E-state index is 12.6. The average molecular weight is 316 g/mol. The van der Waals surface area contributed by atoms with Crippen molar-refractivity contribution in [1.29, 1.82) is 0 Å². The Kier molecular flexibility index (Phi) is 7.65. The van der Waals surface area contributed by atoms with Crippen LogP contribution in [-0.2, 0) is 9.59 Å². The number of allylic oxidation sites excluding steroid dienone is 1. The topological polar surface area (TPSA) is 63.4 Å². The number of hydrogen-bond acceptors (Lipinski definition) is 3. The van der Waals surface area contributed by atoms with Gasteiger partial charge in [-0.15, -0.1) is 0 Å². The van der Waals surface area contributed by atoms with E-state index < -0.39 is 29.9 Å². The van der Waals surface area contributed by atoms with Crippen molar-refractivity contribution < 1.29 is 18.4 Å². The van der Waals surface area contributed by atoms with E-state index in [1.54, 1.807) is 0 Å². The molecule has 0 spiro atoms. The number of likely N-dealkylation sites (tertiary alicyclic amines) is 1. The first-order valence-electron chi connectivity index (χ1n) is 7.99. The fraction of sp³-hybridized carbons (Fsp3) is 0.750. The Morgan fingerprint density at radius 1 is 1.27 bits per heavy atom. The third-order valence-corrected chi connectivity index (χ3v) is 4.28. The second kappa shape index (κ2) is 8.98. The van der Waals surface area contributed by atoms with Crippen molar-refractivity contribution in [3.63, 3.8) is 0 Å². The fourth-order valence-electron chi connectivity index (χ4n) is 3.05. The Morgan fingerprint density at radius 2 is 1.91 bits per heavy atom. The average Bonchev–Trinajstić information content (AvgIpc) is 2.35. The molecule has 1 rings (SSSR count). The molecule has 1 heterocycles. The highest BCUT2D eigenvalue weighted by Crippen LogP contribution is 2.26. The molecule has 1 amide bonds. The molecule has 0 radical (unpaired) electrons. The lowest BCUT2D eigenvalue weighted by Gasteiger charge is -2.40.